The molecule has 22 heavy (non-hydrogen) atoms. The van der Waals surface area contributed by atoms with Crippen molar-refractivity contribution in [3.8, 4) is 11.5 Å². The monoisotopic (exact) mass is 296 g/mol. The molecule has 1 fully saturated rings. The molecule has 2 aromatic carbocycles. The lowest BCUT2D eigenvalue weighted by atomic mass is 9.52. The minimum atomic E-state index is -0.0767. The Kier molecular flexibility index (Phi) is 3.64. The Bertz CT molecular complexity index is 593. The highest BCUT2D eigenvalue weighted by Crippen LogP contribution is 2.56. The van der Waals surface area contributed by atoms with Crippen molar-refractivity contribution in [1.29, 1.82) is 0 Å². The van der Waals surface area contributed by atoms with E-state index in [-0.39, 0.29) is 10.8 Å². The van der Waals surface area contributed by atoms with Crippen molar-refractivity contribution in [2.24, 2.45) is 5.41 Å². The van der Waals surface area contributed by atoms with Crippen LogP contribution >= 0.6 is 0 Å². The molecule has 0 unspecified atom stereocenters. The Morgan fingerprint density at radius 1 is 0.682 bits per heavy atom. The summed E-state index contributed by atoms with van der Waals surface area (Å²) in [5, 5.41) is 19.3. The summed E-state index contributed by atoms with van der Waals surface area (Å²) >= 11 is 0. The van der Waals surface area contributed by atoms with Gasteiger partial charge in [-0.1, -0.05) is 51.0 Å². The van der Waals surface area contributed by atoms with E-state index in [0.717, 1.165) is 6.42 Å². The van der Waals surface area contributed by atoms with Gasteiger partial charge >= 0.3 is 0 Å². The third kappa shape index (κ3) is 2.27. The van der Waals surface area contributed by atoms with E-state index in [1.807, 2.05) is 0 Å². The first-order chi connectivity index (χ1) is 10.5. The average molecular weight is 296 g/mol. The number of benzene rings is 2. The number of rotatable bonds is 2. The maximum Gasteiger partial charge on any atom is 0.115 e. The fourth-order valence-corrected chi connectivity index (χ4v) is 4.24. The largest absolute Gasteiger partial charge is 0.508 e. The number of phenols is 2. The van der Waals surface area contributed by atoms with Crippen LogP contribution in [0.25, 0.3) is 0 Å². The predicted octanol–water partition coefficient (Wildman–Crippen LogP) is 4.98. The van der Waals surface area contributed by atoms with Crippen molar-refractivity contribution < 1.29 is 10.2 Å². The van der Waals surface area contributed by atoms with Gasteiger partial charge in [0.05, 0.1) is 0 Å². The van der Waals surface area contributed by atoms with Gasteiger partial charge in [-0.05, 0) is 53.6 Å². The topological polar surface area (TPSA) is 40.5 Å². The third-order valence-corrected chi connectivity index (χ3v) is 5.48. The molecule has 1 saturated carbocycles. The van der Waals surface area contributed by atoms with Gasteiger partial charge in [0.1, 0.15) is 11.5 Å². The lowest BCUT2D eigenvalue weighted by molar-refractivity contribution is 0.128. The fraction of sp³-hybridized carbons (Fsp3) is 0.400. The quantitative estimate of drug-likeness (QED) is 0.820. The zero-order valence-corrected chi connectivity index (χ0v) is 13.3. The molecular weight excluding hydrogens is 272 g/mol. The number of aromatic hydroxyl groups is 2. The zero-order valence-electron chi connectivity index (χ0n) is 13.3. The first kappa shape index (κ1) is 15.0. The number of hydrogen-bond donors (Lipinski definition) is 2. The van der Waals surface area contributed by atoms with Crippen LogP contribution in [0.3, 0.4) is 0 Å². The summed E-state index contributed by atoms with van der Waals surface area (Å²) in [4.78, 5) is 0. The van der Waals surface area contributed by atoms with Gasteiger partial charge in [-0.2, -0.15) is 0 Å². The van der Waals surface area contributed by atoms with Gasteiger partial charge in [-0.15, -0.1) is 0 Å². The molecule has 2 aromatic rings. The van der Waals surface area contributed by atoms with Crippen molar-refractivity contribution in [3.63, 3.8) is 0 Å². The molecule has 2 heteroatoms. The van der Waals surface area contributed by atoms with Crippen LogP contribution in [0.2, 0.25) is 0 Å². The van der Waals surface area contributed by atoms with Gasteiger partial charge in [0.15, 0.2) is 0 Å². The summed E-state index contributed by atoms with van der Waals surface area (Å²) in [6, 6.07) is 15.3. The first-order valence-electron chi connectivity index (χ1n) is 8.05. The molecular formula is C20H24O2. The summed E-state index contributed by atoms with van der Waals surface area (Å²) < 4.78 is 0. The van der Waals surface area contributed by atoms with Gasteiger partial charge in [-0.3, -0.25) is 0 Å². The summed E-state index contributed by atoms with van der Waals surface area (Å²) in [6.45, 7) is 4.68. The maximum absolute atomic E-state index is 9.64. The van der Waals surface area contributed by atoms with Crippen molar-refractivity contribution >= 4 is 0 Å². The molecule has 0 atom stereocenters. The molecule has 1 aliphatic rings. The molecule has 0 aromatic heterocycles. The van der Waals surface area contributed by atoms with E-state index in [1.165, 1.54) is 30.4 Å². The highest BCUT2D eigenvalue weighted by Gasteiger charge is 2.48. The molecule has 0 amide bonds. The van der Waals surface area contributed by atoms with Gasteiger partial charge in [0.25, 0.3) is 0 Å². The Balaban J connectivity index is 2.21. The molecule has 0 radical (unpaired) electrons. The lowest BCUT2D eigenvalue weighted by Gasteiger charge is -2.51. The van der Waals surface area contributed by atoms with Crippen molar-refractivity contribution in [2.75, 3.05) is 0 Å². The van der Waals surface area contributed by atoms with E-state index >= 15 is 0 Å². The Labute approximate surface area is 132 Å². The average Bonchev–Trinajstić information content (AvgIpc) is 2.49. The fourth-order valence-electron chi connectivity index (χ4n) is 4.24. The van der Waals surface area contributed by atoms with Crippen LogP contribution in [0.5, 0.6) is 11.5 Å². The van der Waals surface area contributed by atoms with Crippen LogP contribution < -0.4 is 0 Å². The van der Waals surface area contributed by atoms with E-state index in [9.17, 15) is 10.2 Å². The molecule has 0 aliphatic heterocycles. The van der Waals surface area contributed by atoms with Gasteiger partial charge in [-0.25, -0.2) is 0 Å². The molecule has 116 valence electrons. The van der Waals surface area contributed by atoms with Gasteiger partial charge in [0, 0.05) is 5.41 Å². The highest BCUT2D eigenvalue weighted by atomic mass is 16.3. The van der Waals surface area contributed by atoms with E-state index < -0.39 is 0 Å². The van der Waals surface area contributed by atoms with Gasteiger partial charge < -0.3 is 10.2 Å². The molecule has 0 saturated heterocycles. The van der Waals surface area contributed by atoms with Crippen molar-refractivity contribution in [2.45, 2.75) is 44.9 Å². The second-order valence-corrected chi connectivity index (χ2v) is 7.09. The normalized spacial score (nSPS) is 19.7. The minimum absolute atomic E-state index is 0.0767. The number of hydrogen-bond acceptors (Lipinski definition) is 2. The van der Waals surface area contributed by atoms with E-state index in [4.69, 9.17) is 0 Å². The maximum atomic E-state index is 9.64. The van der Waals surface area contributed by atoms with Crippen LogP contribution in [-0.2, 0) is 5.41 Å². The Hall–Kier alpha value is -1.96. The Morgan fingerprint density at radius 3 is 1.50 bits per heavy atom. The summed E-state index contributed by atoms with van der Waals surface area (Å²) in [5.41, 5.74) is 2.55. The van der Waals surface area contributed by atoms with Crippen LogP contribution in [0.4, 0.5) is 0 Å². The molecule has 2 N–H and O–H groups in total. The van der Waals surface area contributed by atoms with Crippen LogP contribution in [0.15, 0.2) is 48.5 Å². The summed E-state index contributed by atoms with van der Waals surface area (Å²) in [6.07, 6.45) is 4.72. The molecule has 0 bridgehead atoms. The second-order valence-electron chi connectivity index (χ2n) is 7.09. The molecule has 0 heterocycles. The molecule has 0 spiro atoms. The van der Waals surface area contributed by atoms with Crippen molar-refractivity contribution in [3.05, 3.63) is 59.7 Å². The Morgan fingerprint density at radius 2 is 1.09 bits per heavy atom. The highest BCUT2D eigenvalue weighted by molar-refractivity contribution is 5.45. The second kappa shape index (κ2) is 5.35. The van der Waals surface area contributed by atoms with Crippen LogP contribution in [0, 0.1) is 5.41 Å². The lowest BCUT2D eigenvalue weighted by Crippen LogP contribution is -2.45. The summed E-state index contributed by atoms with van der Waals surface area (Å²) in [7, 11) is 0. The molecule has 2 nitrogen and oxygen atoms in total. The minimum Gasteiger partial charge on any atom is -0.508 e. The first-order valence-corrected chi connectivity index (χ1v) is 8.05. The van der Waals surface area contributed by atoms with E-state index in [0.29, 0.717) is 11.5 Å². The zero-order chi connectivity index (χ0) is 15.8. The van der Waals surface area contributed by atoms with Crippen LogP contribution in [0.1, 0.15) is 50.7 Å². The molecule has 1 aliphatic carbocycles. The SMILES string of the molecule is CC1(C)CCCCC1(c1ccc(O)cc1)c1ccc(O)cc1. The standard InChI is InChI=1S/C20H24O2/c1-19(2)13-3-4-14-20(19,15-5-9-17(21)10-6-15)16-7-11-18(22)12-8-16/h5-12,21-22H,3-4,13-14H2,1-2H3. The smallest absolute Gasteiger partial charge is 0.115 e. The van der Waals surface area contributed by atoms with E-state index in [2.05, 4.69) is 38.1 Å². The van der Waals surface area contributed by atoms with Gasteiger partial charge in [0.2, 0.25) is 0 Å². The third-order valence-electron chi connectivity index (χ3n) is 5.48. The molecule has 3 rings (SSSR count). The number of phenolic OH excluding ortho intramolecular Hbond substituents is 2. The van der Waals surface area contributed by atoms with E-state index in [1.54, 1.807) is 24.3 Å². The summed E-state index contributed by atoms with van der Waals surface area (Å²) in [5.74, 6) is 0.608. The predicted molar refractivity (Wildman–Crippen MR) is 89.2 cm³/mol. The van der Waals surface area contributed by atoms with Crippen molar-refractivity contribution in [1.82, 2.24) is 0 Å². The van der Waals surface area contributed by atoms with Crippen LogP contribution in [-0.4, -0.2) is 10.2 Å².